The van der Waals surface area contributed by atoms with Crippen LogP contribution >= 0.6 is 23.5 Å². The van der Waals surface area contributed by atoms with Gasteiger partial charge in [-0.1, -0.05) is 0 Å². The first-order chi connectivity index (χ1) is 52.5. The van der Waals surface area contributed by atoms with Gasteiger partial charge in [-0.2, -0.15) is 0 Å². The monoisotopic (exact) mass is 1720 g/mol. The first-order valence-corrected chi connectivity index (χ1v) is 39.4. The molecule has 0 bridgehead atoms. The zero-order chi connectivity index (χ0) is 84.6. The van der Waals surface area contributed by atoms with Crippen LogP contribution in [0.25, 0.3) is 0 Å². The van der Waals surface area contributed by atoms with Gasteiger partial charge < -0.3 is 205 Å². The molecule has 28 N–H and O–H groups in total. The number of nitrogens with two attached hydrogens (primary N) is 1. The summed E-state index contributed by atoms with van der Waals surface area (Å²) in [6, 6.07) is -4.31. The smallest absolute Gasteiger partial charge is 0.444 e. The van der Waals surface area contributed by atoms with Gasteiger partial charge in [0, 0.05) is 20.0 Å². The topological polar surface area (TPSA) is 805 Å². The van der Waals surface area contributed by atoms with E-state index in [1.807, 2.05) is 0 Å². The second kappa shape index (κ2) is 41.1. The Morgan fingerprint density at radius 2 is 0.788 bits per heavy atom. The van der Waals surface area contributed by atoms with E-state index in [4.69, 9.17) is 90.1 Å². The lowest BCUT2D eigenvalue weighted by atomic mass is 9.84. The molecule has 113 heavy (non-hydrogen) atoms. The maximum atomic E-state index is 14.4. The summed E-state index contributed by atoms with van der Waals surface area (Å²) in [4.78, 5) is 80.8. The minimum Gasteiger partial charge on any atom is -0.444 e. The number of amides is 3. The lowest BCUT2D eigenvalue weighted by Crippen LogP contribution is -2.71. The Labute approximate surface area is 641 Å². The van der Waals surface area contributed by atoms with Gasteiger partial charge in [0.25, 0.3) is 0 Å². The van der Waals surface area contributed by atoms with Crippen LogP contribution in [0, 0.1) is 0 Å². The molecule has 7 fully saturated rings. The first-order valence-electron chi connectivity index (χ1n) is 34.9. The molecule has 7 rings (SSSR count). The SMILES string of the molecule is CC(=O)N[C@H]1[C@H](O[C@H]2[C@H](O)[C@H](OP(=O)(O)OCCNC(=O)OC(C)(C)C)[C@@H](O[C@H]3[C@H](O)[C@@H](NC(=O)OC(C)(C)C)[C@@H](O[C@@H]4[C@@H](O)[C@H](O)[C@@H](O)[C@@H](O)[C@H]4OP(=O)(O)O)O[C@@H]3CO)O[C@@H]2CO[C@H]2O[C@H](CO)[C@@H](O)[C@H](O)[C@@H]2O[C@H]2O[C@H](COP(=O)(O)OCCN)[C@@H](O)[C@H](O)[C@@H]2O[C@H]2O[C@H](CO)[C@@H](O)[C@H](O)[C@@H]2O)O[C@H](CO)[C@H](O)[C@@H]1O. The number of nitrogens with one attached hydrogen (secondary N) is 3. The zero-order valence-electron chi connectivity index (χ0n) is 61.3. The predicted octanol–water partition coefficient (Wildman–Crippen LogP) is -13.3. The highest BCUT2D eigenvalue weighted by atomic mass is 31.2. The fraction of sp³-hybridized carbons (Fsp3) is 0.948. The Kier molecular flexibility index (Phi) is 35.3. The van der Waals surface area contributed by atoms with Gasteiger partial charge in [-0.15, -0.1) is 0 Å². The fourth-order valence-corrected chi connectivity index (χ4v) is 14.8. The van der Waals surface area contributed by atoms with Gasteiger partial charge in [0.1, 0.15) is 194 Å². The Balaban J connectivity index is 1.36. The quantitative estimate of drug-likeness (QED) is 0.0214. The van der Waals surface area contributed by atoms with Crippen molar-refractivity contribution in [1.29, 1.82) is 0 Å². The standard InChI is InChI=1S/C58H105N4O48P3/c1-18(67)61-25-31(72)27(68)19(12-63)96-49(25)102-43-24(16-92-52-46(36(77)29(70)21(14-65)98-52)106-53-47(105-51-40(81)33(74)28(69)20(13-64)97-51)37(78)30(71)23(100-53)17-95-112(88,89)93-10-8-59)101-54(48(41(43)82)110-113(90,91)94-11-9-60-55(83)107-57(2,3)4)103-42-22(15-66)99-50(26(32(42)73)62-56(84)108-58(5,6)7)104-44-38(79)34(75)35(76)39(80)45(44)109-111(85,86)87/h19-54,63-66,68-82H,8-17,59H2,1-7H3,(H,60,83)(H,61,67)(H,62,84)(H,88,89)(H,90,91)(H2,85,86,87)/t19-,20-,21-,22-,23-,24-,25-,26-,27+,28-,29-,30-,31-,32-,33+,34-,35-,36+,37+,38+,39-,40+,41+,42-,43-,44-,45-,46+,47+,48+,49+,50-,51-,52+,53-,54-/m1/s1. The number of phosphoric ester groups is 3. The number of rotatable bonds is 33. The third kappa shape index (κ3) is 25.6. The third-order valence-corrected chi connectivity index (χ3v) is 20.5. The van der Waals surface area contributed by atoms with Gasteiger partial charge in [-0.25, -0.2) is 23.3 Å². The molecule has 660 valence electrons. The lowest BCUT2D eigenvalue weighted by Gasteiger charge is -2.51. The minimum atomic E-state index is -5.90. The summed E-state index contributed by atoms with van der Waals surface area (Å²) in [5.74, 6) is -0.986. The normalized spacial score (nSPS) is 42.6. The van der Waals surface area contributed by atoms with E-state index in [0.717, 1.165) is 6.92 Å². The maximum Gasteiger partial charge on any atom is 0.472 e. The predicted molar refractivity (Wildman–Crippen MR) is 354 cm³/mol. The number of aliphatic hydroxyl groups is 19. The van der Waals surface area contributed by atoms with Crippen LogP contribution in [0.15, 0.2) is 0 Å². The molecule has 0 spiro atoms. The number of alkyl carbamates (subject to hydrolysis) is 2. The largest absolute Gasteiger partial charge is 0.472 e. The van der Waals surface area contributed by atoms with Gasteiger partial charge in [-0.05, 0) is 41.5 Å². The lowest BCUT2D eigenvalue weighted by molar-refractivity contribution is -0.398. The fourth-order valence-electron chi connectivity index (χ4n) is 12.5. The number of phosphoric acid groups is 3. The van der Waals surface area contributed by atoms with Crippen LogP contribution in [0.3, 0.4) is 0 Å². The van der Waals surface area contributed by atoms with E-state index < -0.39 is 333 Å². The molecule has 52 nitrogen and oxygen atoms in total. The van der Waals surface area contributed by atoms with Crippen LogP contribution in [0.5, 0.6) is 0 Å². The molecule has 2 unspecified atom stereocenters. The van der Waals surface area contributed by atoms with Crippen molar-refractivity contribution in [2.45, 2.75) is 280 Å². The second-order valence-electron chi connectivity index (χ2n) is 28.8. The van der Waals surface area contributed by atoms with Gasteiger partial charge in [0.05, 0.1) is 52.9 Å². The van der Waals surface area contributed by atoms with Crippen LogP contribution in [0.2, 0.25) is 0 Å². The number of carbonyl (C=O) groups is 3. The van der Waals surface area contributed by atoms with Crippen LogP contribution in [0.4, 0.5) is 9.59 Å². The van der Waals surface area contributed by atoms with Crippen molar-refractivity contribution in [3.05, 3.63) is 0 Å². The molecule has 1 aliphatic carbocycles. The molecule has 6 saturated heterocycles. The van der Waals surface area contributed by atoms with Crippen LogP contribution < -0.4 is 21.7 Å². The van der Waals surface area contributed by atoms with Crippen LogP contribution in [0.1, 0.15) is 48.5 Å². The molecular formula is C58H105N4O48P3. The number of hydrogen-bond donors (Lipinski definition) is 27. The average Bonchev–Trinajstić information content (AvgIpc) is 0.763. The summed E-state index contributed by atoms with van der Waals surface area (Å²) in [5.41, 5.74) is 2.89. The Hall–Kier alpha value is -2.94. The molecule has 7 aliphatic rings. The third-order valence-electron chi connectivity index (χ3n) is 18.0. The molecule has 55 heteroatoms. The van der Waals surface area contributed by atoms with E-state index in [0.29, 0.717) is 0 Å². The van der Waals surface area contributed by atoms with E-state index >= 15 is 0 Å². The van der Waals surface area contributed by atoms with Crippen molar-refractivity contribution < 1.29 is 234 Å². The van der Waals surface area contributed by atoms with Crippen molar-refractivity contribution >= 4 is 41.6 Å². The molecule has 6 heterocycles. The second-order valence-corrected chi connectivity index (χ2v) is 32.9. The van der Waals surface area contributed by atoms with Crippen molar-refractivity contribution in [3.63, 3.8) is 0 Å². The Morgan fingerprint density at radius 1 is 0.381 bits per heavy atom. The number of ether oxygens (including phenoxy) is 14. The van der Waals surface area contributed by atoms with Crippen molar-refractivity contribution in [2.24, 2.45) is 5.73 Å². The van der Waals surface area contributed by atoms with Crippen molar-refractivity contribution in [2.75, 3.05) is 65.9 Å². The van der Waals surface area contributed by atoms with Crippen molar-refractivity contribution in [3.8, 4) is 0 Å². The molecule has 0 aromatic heterocycles. The summed E-state index contributed by atoms with van der Waals surface area (Å²) in [6.07, 6.45) is -82.5. The summed E-state index contributed by atoms with van der Waals surface area (Å²) in [5, 5.41) is 220. The molecule has 0 aromatic rings. The molecule has 1 saturated carbocycles. The minimum absolute atomic E-state index is 0.323. The van der Waals surface area contributed by atoms with Crippen LogP contribution in [-0.4, -0.2) is 433 Å². The highest BCUT2D eigenvalue weighted by molar-refractivity contribution is 7.47. The molecule has 3 amide bonds. The van der Waals surface area contributed by atoms with E-state index in [1.54, 1.807) is 0 Å². The molecule has 38 atom stereocenters. The first kappa shape index (κ1) is 97.2. The van der Waals surface area contributed by atoms with Gasteiger partial charge in [0.15, 0.2) is 37.7 Å². The highest BCUT2D eigenvalue weighted by Crippen LogP contribution is 2.50. The summed E-state index contributed by atoms with van der Waals surface area (Å²) in [6.45, 7) is -0.534. The number of hydrogen-bond acceptors (Lipinski definition) is 45. The Morgan fingerprint density at radius 3 is 1.34 bits per heavy atom. The van der Waals surface area contributed by atoms with E-state index in [2.05, 4.69) is 20.5 Å². The maximum absolute atomic E-state index is 14.4. The molecule has 0 radical (unpaired) electrons. The van der Waals surface area contributed by atoms with E-state index in [9.17, 15) is 145 Å². The zero-order valence-corrected chi connectivity index (χ0v) is 64.0. The summed E-state index contributed by atoms with van der Waals surface area (Å²) in [7, 11) is -16.8. The van der Waals surface area contributed by atoms with Crippen molar-refractivity contribution in [1.82, 2.24) is 16.0 Å². The van der Waals surface area contributed by atoms with Gasteiger partial charge in [-0.3, -0.25) is 27.4 Å². The summed E-state index contributed by atoms with van der Waals surface area (Å²) < 4.78 is 147. The number of aliphatic hydroxyl groups excluding tert-OH is 19. The average molecular weight is 1720 g/mol. The van der Waals surface area contributed by atoms with E-state index in [-0.39, 0.29) is 6.54 Å². The van der Waals surface area contributed by atoms with Gasteiger partial charge >= 0.3 is 35.7 Å². The highest BCUT2D eigenvalue weighted by Gasteiger charge is 2.61. The molecule has 0 aromatic carbocycles. The summed E-state index contributed by atoms with van der Waals surface area (Å²) >= 11 is 0. The molecule has 6 aliphatic heterocycles. The van der Waals surface area contributed by atoms with E-state index in [1.165, 1.54) is 41.5 Å². The van der Waals surface area contributed by atoms with Gasteiger partial charge in [0.2, 0.25) is 5.91 Å². The number of carbonyl (C=O) groups excluding carboxylic acids is 3. The van der Waals surface area contributed by atoms with Crippen LogP contribution in [-0.2, 0) is 107 Å². The Bertz CT molecular complexity index is 3150. The molecular weight excluding hydrogens is 1610 g/mol.